The molecule has 1 aromatic heterocycles. The van der Waals surface area contributed by atoms with E-state index in [1.807, 2.05) is 36.9 Å². The zero-order chi connectivity index (χ0) is 23.5. The second kappa shape index (κ2) is 9.62. The molecule has 2 heterocycles. The number of anilines is 2. The molecule has 0 bridgehead atoms. The smallest absolute Gasteiger partial charge is 0.322 e. The monoisotopic (exact) mass is 466 g/mol. The van der Waals surface area contributed by atoms with E-state index in [4.69, 9.17) is 17.3 Å². The zero-order valence-corrected chi connectivity index (χ0v) is 19.4. The van der Waals surface area contributed by atoms with Crippen LogP contribution in [0.2, 0.25) is 5.02 Å². The number of hydrogen-bond donors (Lipinski definition) is 2. The third-order valence-corrected chi connectivity index (χ3v) is 6.19. The number of benzene rings is 2. The molecule has 33 heavy (non-hydrogen) atoms. The van der Waals surface area contributed by atoms with Gasteiger partial charge in [0.25, 0.3) is 0 Å². The Kier molecular flexibility index (Phi) is 6.65. The molecule has 1 aliphatic heterocycles. The number of fused-ring (bicyclic) bond motifs is 1. The topological polar surface area (TPSA) is 104 Å². The fourth-order valence-corrected chi connectivity index (χ4v) is 4.34. The summed E-state index contributed by atoms with van der Waals surface area (Å²) in [6.07, 6.45) is 2.82. The van der Waals surface area contributed by atoms with Gasteiger partial charge < -0.3 is 20.9 Å². The number of nitrogens with two attached hydrogens (primary N) is 1. The Morgan fingerprint density at radius 1 is 1.21 bits per heavy atom. The van der Waals surface area contributed by atoms with E-state index in [1.54, 1.807) is 29.2 Å². The molecule has 2 atom stereocenters. The Labute approximate surface area is 197 Å². The standard InChI is InChI=1S/C24H27ClN6O2/c1-3-4-21-23(32)30(13-16-5-10-19-20(11-16)27-14-28-22(19)26)15(2)12-31(21)24(33)29-18-8-6-17(25)7-9-18/h5-11,14-15,21H,3-4,12-13H2,1-2H3,(H,29,33)(H2,26,27,28). The summed E-state index contributed by atoms with van der Waals surface area (Å²) in [6.45, 7) is 4.85. The molecule has 0 radical (unpaired) electrons. The second-order valence-electron chi connectivity index (χ2n) is 8.32. The fraction of sp³-hybridized carbons (Fsp3) is 0.333. The van der Waals surface area contributed by atoms with Crippen molar-refractivity contribution in [2.45, 2.75) is 45.3 Å². The molecule has 1 fully saturated rings. The zero-order valence-electron chi connectivity index (χ0n) is 18.7. The lowest BCUT2D eigenvalue weighted by Gasteiger charge is -2.44. The number of nitrogen functional groups attached to an aromatic ring is 1. The van der Waals surface area contributed by atoms with Crippen molar-refractivity contribution in [3.05, 3.63) is 59.4 Å². The van der Waals surface area contributed by atoms with E-state index < -0.39 is 6.04 Å². The van der Waals surface area contributed by atoms with Crippen LogP contribution >= 0.6 is 11.6 Å². The molecule has 2 unspecified atom stereocenters. The molecule has 1 aliphatic rings. The van der Waals surface area contributed by atoms with Crippen molar-refractivity contribution >= 4 is 45.9 Å². The highest BCUT2D eigenvalue weighted by molar-refractivity contribution is 6.30. The maximum atomic E-state index is 13.5. The van der Waals surface area contributed by atoms with Gasteiger partial charge in [0, 0.05) is 35.2 Å². The van der Waals surface area contributed by atoms with Gasteiger partial charge >= 0.3 is 6.03 Å². The van der Waals surface area contributed by atoms with E-state index in [0.29, 0.717) is 36.0 Å². The molecule has 1 saturated heterocycles. The minimum atomic E-state index is -0.517. The predicted molar refractivity (Wildman–Crippen MR) is 130 cm³/mol. The number of carbonyl (C=O) groups is 2. The minimum absolute atomic E-state index is 0.0517. The quantitative estimate of drug-likeness (QED) is 0.583. The van der Waals surface area contributed by atoms with Crippen LogP contribution in [0.5, 0.6) is 0 Å². The first-order valence-corrected chi connectivity index (χ1v) is 11.4. The Morgan fingerprint density at radius 3 is 2.70 bits per heavy atom. The van der Waals surface area contributed by atoms with Crippen LogP contribution in [0.15, 0.2) is 48.8 Å². The van der Waals surface area contributed by atoms with Crippen molar-refractivity contribution in [1.82, 2.24) is 19.8 Å². The van der Waals surface area contributed by atoms with E-state index in [0.717, 1.165) is 22.9 Å². The summed E-state index contributed by atoms with van der Waals surface area (Å²) in [5.41, 5.74) is 8.26. The fourth-order valence-electron chi connectivity index (χ4n) is 4.21. The molecule has 4 rings (SSSR count). The lowest BCUT2D eigenvalue weighted by atomic mass is 10.0. The lowest BCUT2D eigenvalue weighted by Crippen LogP contribution is -2.62. The number of nitrogens with zero attached hydrogens (tertiary/aromatic N) is 4. The van der Waals surface area contributed by atoms with Gasteiger partial charge in [-0.05, 0) is 55.3 Å². The normalized spacial score (nSPS) is 18.6. The summed E-state index contributed by atoms with van der Waals surface area (Å²) >= 11 is 5.94. The van der Waals surface area contributed by atoms with Crippen LogP contribution in [-0.4, -0.2) is 50.3 Å². The summed E-state index contributed by atoms with van der Waals surface area (Å²) in [7, 11) is 0. The highest BCUT2D eigenvalue weighted by atomic mass is 35.5. The van der Waals surface area contributed by atoms with Crippen molar-refractivity contribution in [3.63, 3.8) is 0 Å². The highest BCUT2D eigenvalue weighted by Crippen LogP contribution is 2.25. The van der Waals surface area contributed by atoms with E-state index in [1.165, 1.54) is 6.33 Å². The summed E-state index contributed by atoms with van der Waals surface area (Å²) < 4.78 is 0. The largest absolute Gasteiger partial charge is 0.383 e. The van der Waals surface area contributed by atoms with E-state index >= 15 is 0 Å². The second-order valence-corrected chi connectivity index (χ2v) is 8.76. The van der Waals surface area contributed by atoms with Gasteiger partial charge in [-0.1, -0.05) is 31.0 Å². The summed E-state index contributed by atoms with van der Waals surface area (Å²) in [6, 6.07) is 11.7. The molecular formula is C24H27ClN6O2. The SMILES string of the molecule is CCCC1C(=O)N(Cc2ccc3c(N)ncnc3c2)C(C)CN1C(=O)Nc1ccc(Cl)cc1. The molecule has 3 amide bonds. The van der Waals surface area contributed by atoms with E-state index in [9.17, 15) is 9.59 Å². The third kappa shape index (κ3) is 4.85. The van der Waals surface area contributed by atoms with Gasteiger partial charge in [0.1, 0.15) is 18.2 Å². The van der Waals surface area contributed by atoms with E-state index in [-0.39, 0.29) is 18.0 Å². The molecule has 0 saturated carbocycles. The lowest BCUT2D eigenvalue weighted by molar-refractivity contribution is -0.144. The van der Waals surface area contributed by atoms with Gasteiger partial charge in [-0.2, -0.15) is 0 Å². The highest BCUT2D eigenvalue weighted by Gasteiger charge is 2.40. The number of piperazine rings is 1. The molecule has 172 valence electrons. The average molecular weight is 467 g/mol. The number of rotatable bonds is 5. The van der Waals surface area contributed by atoms with Gasteiger partial charge in [-0.15, -0.1) is 0 Å². The van der Waals surface area contributed by atoms with Crippen molar-refractivity contribution in [2.24, 2.45) is 0 Å². The number of nitrogens with one attached hydrogen (secondary N) is 1. The first-order valence-electron chi connectivity index (χ1n) is 11.0. The van der Waals surface area contributed by atoms with Crippen molar-refractivity contribution in [2.75, 3.05) is 17.6 Å². The van der Waals surface area contributed by atoms with Gasteiger partial charge in [0.15, 0.2) is 0 Å². The maximum absolute atomic E-state index is 13.5. The van der Waals surface area contributed by atoms with Crippen LogP contribution in [0.25, 0.3) is 10.9 Å². The number of hydrogen-bond acceptors (Lipinski definition) is 5. The van der Waals surface area contributed by atoms with Crippen LogP contribution in [0.1, 0.15) is 32.3 Å². The van der Waals surface area contributed by atoms with Crippen LogP contribution in [0.4, 0.5) is 16.3 Å². The Bertz CT molecular complexity index is 1170. The summed E-state index contributed by atoms with van der Waals surface area (Å²) in [4.78, 5) is 38.4. The van der Waals surface area contributed by atoms with Crippen LogP contribution in [0.3, 0.4) is 0 Å². The van der Waals surface area contributed by atoms with Gasteiger partial charge in [0.05, 0.1) is 5.52 Å². The van der Waals surface area contributed by atoms with Crippen molar-refractivity contribution < 1.29 is 9.59 Å². The van der Waals surface area contributed by atoms with Crippen molar-refractivity contribution in [3.8, 4) is 0 Å². The molecule has 3 aromatic rings. The van der Waals surface area contributed by atoms with Gasteiger partial charge in [-0.25, -0.2) is 14.8 Å². The predicted octanol–water partition coefficient (Wildman–Crippen LogP) is 4.30. The molecule has 2 aromatic carbocycles. The Balaban J connectivity index is 1.53. The van der Waals surface area contributed by atoms with E-state index in [2.05, 4.69) is 15.3 Å². The number of aromatic nitrogens is 2. The van der Waals surface area contributed by atoms with Gasteiger partial charge in [0.2, 0.25) is 5.91 Å². The molecule has 0 spiro atoms. The first-order chi connectivity index (χ1) is 15.9. The summed E-state index contributed by atoms with van der Waals surface area (Å²) in [5.74, 6) is 0.378. The molecule has 8 nitrogen and oxygen atoms in total. The molecule has 3 N–H and O–H groups in total. The molecular weight excluding hydrogens is 440 g/mol. The summed E-state index contributed by atoms with van der Waals surface area (Å²) in [5, 5.41) is 4.27. The molecule has 0 aliphatic carbocycles. The van der Waals surface area contributed by atoms with Crippen LogP contribution in [-0.2, 0) is 11.3 Å². The van der Waals surface area contributed by atoms with Crippen LogP contribution in [0, 0.1) is 0 Å². The van der Waals surface area contributed by atoms with Crippen molar-refractivity contribution in [1.29, 1.82) is 0 Å². The number of amides is 3. The first kappa shape index (κ1) is 22.8. The Morgan fingerprint density at radius 2 is 1.97 bits per heavy atom. The number of urea groups is 1. The Hall–Kier alpha value is -3.39. The van der Waals surface area contributed by atoms with Gasteiger partial charge in [-0.3, -0.25) is 4.79 Å². The number of carbonyl (C=O) groups excluding carboxylic acids is 2. The van der Waals surface area contributed by atoms with Crippen LogP contribution < -0.4 is 11.1 Å². The number of halogens is 1. The minimum Gasteiger partial charge on any atom is -0.383 e. The maximum Gasteiger partial charge on any atom is 0.322 e. The third-order valence-electron chi connectivity index (χ3n) is 5.94. The molecule has 9 heteroatoms. The average Bonchev–Trinajstić information content (AvgIpc) is 2.80.